The van der Waals surface area contributed by atoms with Crippen molar-refractivity contribution in [3.8, 4) is 5.69 Å². The number of carbonyl (C=O) groups excluding carboxylic acids is 1. The summed E-state index contributed by atoms with van der Waals surface area (Å²) in [7, 11) is 1.65. The fourth-order valence-electron chi connectivity index (χ4n) is 2.57. The summed E-state index contributed by atoms with van der Waals surface area (Å²) in [6, 6.07) is 11.9. The quantitative estimate of drug-likeness (QED) is 0.540. The van der Waals surface area contributed by atoms with E-state index in [2.05, 4.69) is 4.98 Å². The first-order valence-electron chi connectivity index (χ1n) is 7.59. The largest absolute Gasteiger partial charge is 0.311 e. The van der Waals surface area contributed by atoms with Gasteiger partial charge in [-0.3, -0.25) is 14.9 Å². The van der Waals surface area contributed by atoms with Gasteiger partial charge >= 0.3 is 0 Å². The van der Waals surface area contributed by atoms with Crippen LogP contribution in [0.25, 0.3) is 5.69 Å². The zero-order valence-electron chi connectivity index (χ0n) is 13.8. The molecule has 3 rings (SSSR count). The van der Waals surface area contributed by atoms with Crippen LogP contribution in [0, 0.1) is 17.0 Å². The molecule has 7 nitrogen and oxygen atoms in total. The van der Waals surface area contributed by atoms with Crippen molar-refractivity contribution in [2.75, 3.05) is 11.9 Å². The highest BCUT2D eigenvalue weighted by atomic mass is 16.6. The number of imidazole rings is 1. The normalized spacial score (nSPS) is 10.5. The minimum absolute atomic E-state index is 0.151. The smallest absolute Gasteiger partial charge is 0.294 e. The molecule has 0 atom stereocenters. The van der Waals surface area contributed by atoms with Gasteiger partial charge in [-0.2, -0.15) is 0 Å². The van der Waals surface area contributed by atoms with Crippen LogP contribution in [0.2, 0.25) is 0 Å². The number of carbonyl (C=O) groups is 1. The summed E-state index contributed by atoms with van der Waals surface area (Å²) >= 11 is 0. The zero-order valence-corrected chi connectivity index (χ0v) is 13.8. The Morgan fingerprint density at radius 2 is 2.04 bits per heavy atom. The number of nitrogens with zero attached hydrogens (tertiary/aromatic N) is 4. The van der Waals surface area contributed by atoms with Gasteiger partial charge in [0.05, 0.1) is 11.3 Å². The second-order valence-electron chi connectivity index (χ2n) is 5.63. The summed E-state index contributed by atoms with van der Waals surface area (Å²) in [6.07, 6.45) is 4.62. The Morgan fingerprint density at radius 1 is 1.24 bits per heavy atom. The molecule has 0 unspecified atom stereocenters. The Morgan fingerprint density at radius 3 is 2.68 bits per heavy atom. The van der Waals surface area contributed by atoms with Crippen LogP contribution >= 0.6 is 0 Å². The fraction of sp³-hybridized carbons (Fsp3) is 0.111. The van der Waals surface area contributed by atoms with Crippen molar-refractivity contribution in [1.82, 2.24) is 9.55 Å². The molecule has 0 radical (unpaired) electrons. The van der Waals surface area contributed by atoms with Crippen LogP contribution in [0.15, 0.2) is 61.2 Å². The van der Waals surface area contributed by atoms with Gasteiger partial charge in [0.15, 0.2) is 0 Å². The summed E-state index contributed by atoms with van der Waals surface area (Å²) in [5.41, 5.74) is 2.21. The van der Waals surface area contributed by atoms with Crippen LogP contribution in [0.3, 0.4) is 0 Å². The molecule has 25 heavy (non-hydrogen) atoms. The minimum atomic E-state index is -0.501. The lowest BCUT2D eigenvalue weighted by molar-refractivity contribution is -0.384. The number of hydrogen-bond donors (Lipinski definition) is 0. The van der Waals surface area contributed by atoms with Crippen molar-refractivity contribution < 1.29 is 9.72 Å². The van der Waals surface area contributed by atoms with Crippen molar-refractivity contribution in [1.29, 1.82) is 0 Å². The van der Waals surface area contributed by atoms with Crippen molar-refractivity contribution in [3.63, 3.8) is 0 Å². The molecule has 0 bridgehead atoms. The van der Waals surface area contributed by atoms with Gasteiger partial charge in [0.1, 0.15) is 5.69 Å². The molecule has 1 aromatic heterocycles. The molecule has 1 heterocycles. The Labute approximate surface area is 144 Å². The van der Waals surface area contributed by atoms with E-state index in [1.165, 1.54) is 28.1 Å². The van der Waals surface area contributed by atoms with Gasteiger partial charge in [-0.15, -0.1) is 0 Å². The summed E-state index contributed by atoms with van der Waals surface area (Å²) < 4.78 is 1.54. The maximum atomic E-state index is 12.7. The Hall–Kier alpha value is -3.48. The summed E-state index contributed by atoms with van der Waals surface area (Å²) in [5, 5.41) is 11.4. The third-order valence-corrected chi connectivity index (χ3v) is 3.90. The topological polar surface area (TPSA) is 81.3 Å². The molecule has 0 fully saturated rings. The Balaban J connectivity index is 1.98. The second kappa shape index (κ2) is 6.56. The zero-order chi connectivity index (χ0) is 18.0. The van der Waals surface area contributed by atoms with Crippen LogP contribution in [0.5, 0.6) is 0 Å². The van der Waals surface area contributed by atoms with Crippen LogP contribution in [-0.2, 0) is 0 Å². The third kappa shape index (κ3) is 3.25. The SMILES string of the molecule is Cc1cccc(N(C)C(=O)c2ccc(-n3ccnc3)c([N+](=O)[O-])c2)c1. The molecule has 0 saturated heterocycles. The molecule has 0 N–H and O–H groups in total. The summed E-state index contributed by atoms with van der Waals surface area (Å²) in [4.78, 5) is 29.0. The van der Waals surface area contributed by atoms with Crippen LogP contribution in [0.4, 0.5) is 11.4 Å². The fourth-order valence-corrected chi connectivity index (χ4v) is 2.57. The van der Waals surface area contributed by atoms with Gasteiger partial charge in [-0.05, 0) is 36.8 Å². The highest BCUT2D eigenvalue weighted by Crippen LogP contribution is 2.26. The van der Waals surface area contributed by atoms with E-state index in [1.54, 1.807) is 25.4 Å². The number of anilines is 1. The number of hydrogen-bond acceptors (Lipinski definition) is 4. The van der Waals surface area contributed by atoms with Crippen molar-refractivity contribution in [3.05, 3.63) is 82.4 Å². The first kappa shape index (κ1) is 16.4. The summed E-state index contributed by atoms with van der Waals surface area (Å²) in [5.74, 6) is -0.314. The van der Waals surface area contributed by atoms with E-state index in [-0.39, 0.29) is 17.2 Å². The number of aryl methyl sites for hydroxylation is 1. The number of amides is 1. The van der Waals surface area contributed by atoms with Gasteiger partial charge in [-0.25, -0.2) is 4.98 Å². The third-order valence-electron chi connectivity index (χ3n) is 3.90. The Kier molecular flexibility index (Phi) is 4.30. The number of rotatable bonds is 4. The van der Waals surface area contributed by atoms with Crippen LogP contribution in [0.1, 0.15) is 15.9 Å². The highest BCUT2D eigenvalue weighted by molar-refractivity contribution is 6.06. The van der Waals surface area contributed by atoms with Gasteiger partial charge in [0.2, 0.25) is 0 Å². The van der Waals surface area contributed by atoms with Crippen molar-refractivity contribution >= 4 is 17.3 Å². The number of aromatic nitrogens is 2. The molecule has 7 heteroatoms. The molecular formula is C18H16N4O3. The minimum Gasteiger partial charge on any atom is -0.311 e. The lowest BCUT2D eigenvalue weighted by atomic mass is 10.1. The first-order valence-corrected chi connectivity index (χ1v) is 7.59. The predicted molar refractivity (Wildman–Crippen MR) is 94.1 cm³/mol. The van der Waals surface area contributed by atoms with Gasteiger partial charge in [-0.1, -0.05) is 12.1 Å². The predicted octanol–water partition coefficient (Wildman–Crippen LogP) is 3.37. The molecule has 2 aromatic carbocycles. The van der Waals surface area contributed by atoms with E-state index < -0.39 is 4.92 Å². The van der Waals surface area contributed by atoms with Gasteiger partial charge < -0.3 is 9.47 Å². The van der Waals surface area contributed by atoms with Crippen LogP contribution < -0.4 is 4.90 Å². The molecule has 0 aliphatic rings. The van der Waals surface area contributed by atoms with E-state index in [1.807, 2.05) is 31.2 Å². The molecule has 0 spiro atoms. The lowest BCUT2D eigenvalue weighted by Crippen LogP contribution is -2.26. The standard InChI is InChI=1S/C18H16N4O3/c1-13-4-3-5-15(10-13)20(2)18(23)14-6-7-16(17(11-14)22(24)25)21-9-8-19-12-21/h3-12H,1-2H3. The second-order valence-corrected chi connectivity index (χ2v) is 5.63. The average molecular weight is 336 g/mol. The monoisotopic (exact) mass is 336 g/mol. The van der Waals surface area contributed by atoms with Gasteiger partial charge in [0.25, 0.3) is 11.6 Å². The van der Waals surface area contributed by atoms with Crippen molar-refractivity contribution in [2.45, 2.75) is 6.92 Å². The van der Waals surface area contributed by atoms with E-state index in [0.717, 1.165) is 11.3 Å². The molecule has 0 aliphatic carbocycles. The summed E-state index contributed by atoms with van der Waals surface area (Å²) in [6.45, 7) is 1.94. The van der Waals surface area contributed by atoms with E-state index in [9.17, 15) is 14.9 Å². The highest BCUT2D eigenvalue weighted by Gasteiger charge is 2.21. The number of nitro benzene ring substituents is 1. The molecule has 0 saturated carbocycles. The van der Waals surface area contributed by atoms with Crippen LogP contribution in [-0.4, -0.2) is 27.4 Å². The van der Waals surface area contributed by atoms with E-state index >= 15 is 0 Å². The number of benzene rings is 2. The van der Waals surface area contributed by atoms with Gasteiger partial charge in [0, 0.05) is 36.8 Å². The molecule has 3 aromatic rings. The molecular weight excluding hydrogens is 320 g/mol. The lowest BCUT2D eigenvalue weighted by Gasteiger charge is -2.18. The molecule has 1 amide bonds. The Bertz CT molecular complexity index is 935. The first-order chi connectivity index (χ1) is 12.0. The van der Waals surface area contributed by atoms with E-state index in [0.29, 0.717) is 5.69 Å². The maximum absolute atomic E-state index is 12.7. The van der Waals surface area contributed by atoms with E-state index in [4.69, 9.17) is 0 Å². The number of nitro groups is 1. The maximum Gasteiger partial charge on any atom is 0.294 e. The van der Waals surface area contributed by atoms with Crippen molar-refractivity contribution in [2.24, 2.45) is 0 Å². The molecule has 126 valence electrons. The average Bonchev–Trinajstić information content (AvgIpc) is 3.14. The molecule has 0 aliphatic heterocycles.